The quantitative estimate of drug-likeness (QED) is 0.681. The van der Waals surface area contributed by atoms with Crippen LogP contribution in [0.2, 0.25) is 0 Å². The van der Waals surface area contributed by atoms with Crippen LogP contribution in [0, 0.1) is 0 Å². The molecule has 0 radical (unpaired) electrons. The van der Waals surface area contributed by atoms with Crippen LogP contribution in [0.4, 0.5) is 4.79 Å². The first-order chi connectivity index (χ1) is 16.5. The molecular formula is C26H28N2O6. The number of fused-ring (bicyclic) bond motifs is 4. The van der Waals surface area contributed by atoms with Crippen LogP contribution in [0.15, 0.2) is 48.5 Å². The number of nitrogens with zero attached hydrogens (tertiary/aromatic N) is 1. The van der Waals surface area contributed by atoms with Crippen LogP contribution in [-0.4, -0.2) is 65.4 Å². The lowest BCUT2D eigenvalue weighted by atomic mass is 9.98. The highest BCUT2D eigenvalue weighted by Crippen LogP contribution is 2.44. The van der Waals surface area contributed by atoms with Gasteiger partial charge in [0.1, 0.15) is 18.7 Å². The van der Waals surface area contributed by atoms with Gasteiger partial charge in [-0.3, -0.25) is 4.79 Å². The first kappa shape index (κ1) is 22.4. The summed E-state index contributed by atoms with van der Waals surface area (Å²) in [5.74, 6) is -1.54. The molecule has 2 aromatic rings. The van der Waals surface area contributed by atoms with Gasteiger partial charge in [-0.1, -0.05) is 55.5 Å². The Kier molecular flexibility index (Phi) is 6.00. The Morgan fingerprint density at radius 1 is 1.12 bits per heavy atom. The summed E-state index contributed by atoms with van der Waals surface area (Å²) in [6, 6.07) is 14.1. The highest BCUT2D eigenvalue weighted by Gasteiger charge is 2.51. The Balaban J connectivity index is 1.26. The average molecular weight is 465 g/mol. The highest BCUT2D eigenvalue weighted by molar-refractivity contribution is 5.90. The van der Waals surface area contributed by atoms with E-state index in [0.717, 1.165) is 22.3 Å². The number of alkyl carbamates (subject to hydrolysis) is 1. The Hall–Kier alpha value is -3.39. The van der Waals surface area contributed by atoms with Gasteiger partial charge >= 0.3 is 12.1 Å². The van der Waals surface area contributed by atoms with Crippen molar-refractivity contribution in [2.24, 2.45) is 0 Å². The Bertz CT molecular complexity index is 1070. The lowest BCUT2D eigenvalue weighted by Crippen LogP contribution is -2.54. The number of benzene rings is 2. The fourth-order valence-electron chi connectivity index (χ4n) is 5.58. The number of likely N-dealkylation sites (tertiary alicyclic amines) is 1. The molecule has 2 saturated heterocycles. The summed E-state index contributed by atoms with van der Waals surface area (Å²) in [7, 11) is 0. The summed E-state index contributed by atoms with van der Waals surface area (Å²) in [6.07, 6.45) is 0.239. The van der Waals surface area contributed by atoms with E-state index >= 15 is 0 Å². The van der Waals surface area contributed by atoms with Crippen molar-refractivity contribution in [2.75, 3.05) is 13.2 Å². The molecule has 2 aromatic carbocycles. The van der Waals surface area contributed by atoms with Gasteiger partial charge in [0.2, 0.25) is 5.91 Å². The summed E-state index contributed by atoms with van der Waals surface area (Å²) in [6.45, 7) is 2.42. The largest absolute Gasteiger partial charge is 0.480 e. The Labute approximate surface area is 197 Å². The third kappa shape index (κ3) is 3.81. The number of carbonyl (C=O) groups excluding carboxylic acids is 2. The molecule has 0 saturated carbocycles. The zero-order valence-electron chi connectivity index (χ0n) is 19.0. The molecule has 4 atom stereocenters. The van der Waals surface area contributed by atoms with Crippen molar-refractivity contribution in [2.45, 2.75) is 56.3 Å². The molecule has 2 unspecified atom stereocenters. The SMILES string of the molecule is CCC(NC(=O)OCC1c2ccccc2-c2ccccc21)C(=O)N1C(C(=O)O)C[C@@H]2OCC[C@@H]21. The second-order valence-corrected chi connectivity index (χ2v) is 9.03. The van der Waals surface area contributed by atoms with Crippen LogP contribution in [0.3, 0.4) is 0 Å². The van der Waals surface area contributed by atoms with E-state index in [4.69, 9.17) is 9.47 Å². The van der Waals surface area contributed by atoms with Gasteiger partial charge in [0, 0.05) is 18.9 Å². The van der Waals surface area contributed by atoms with Crippen molar-refractivity contribution in [3.8, 4) is 11.1 Å². The zero-order chi connectivity index (χ0) is 23.8. The van der Waals surface area contributed by atoms with Crippen molar-refractivity contribution in [3.63, 3.8) is 0 Å². The minimum atomic E-state index is -1.05. The van der Waals surface area contributed by atoms with E-state index in [1.165, 1.54) is 4.90 Å². The van der Waals surface area contributed by atoms with Gasteiger partial charge in [-0.2, -0.15) is 0 Å². The van der Waals surface area contributed by atoms with Crippen LogP contribution < -0.4 is 5.32 Å². The molecule has 34 heavy (non-hydrogen) atoms. The molecule has 0 bridgehead atoms. The number of ether oxygens (including phenoxy) is 2. The van der Waals surface area contributed by atoms with E-state index in [0.29, 0.717) is 19.4 Å². The molecule has 8 nitrogen and oxygen atoms in total. The fraction of sp³-hybridized carbons (Fsp3) is 0.423. The number of hydrogen-bond acceptors (Lipinski definition) is 5. The number of rotatable bonds is 6. The number of carboxylic acids is 1. The summed E-state index contributed by atoms with van der Waals surface area (Å²) in [4.78, 5) is 39.2. The fourth-order valence-corrected chi connectivity index (χ4v) is 5.58. The van der Waals surface area contributed by atoms with Gasteiger partial charge in [-0.15, -0.1) is 0 Å². The van der Waals surface area contributed by atoms with E-state index in [-0.39, 0.29) is 31.1 Å². The molecule has 2 fully saturated rings. The monoisotopic (exact) mass is 464 g/mol. The molecule has 2 heterocycles. The van der Waals surface area contributed by atoms with Crippen LogP contribution in [0.25, 0.3) is 11.1 Å². The van der Waals surface area contributed by atoms with Crippen LogP contribution in [-0.2, 0) is 19.1 Å². The number of aliphatic carboxylic acids is 1. The maximum absolute atomic E-state index is 13.3. The standard InChI is InChI=1S/C26H28N2O6/c1-2-20(24(29)28-21-11-12-33-23(21)13-22(28)25(30)31)27-26(32)34-14-19-17-9-5-3-7-15(17)16-8-4-6-10-18(16)19/h3-10,19-23H,2,11-14H2,1H3,(H,27,32)(H,30,31)/t20?,21-,22?,23-/m0/s1. The normalized spacial score (nSPS) is 23.7. The van der Waals surface area contributed by atoms with Gasteiger partial charge < -0.3 is 24.8 Å². The first-order valence-electron chi connectivity index (χ1n) is 11.8. The maximum atomic E-state index is 13.3. The molecule has 1 aliphatic carbocycles. The van der Waals surface area contributed by atoms with Crippen molar-refractivity contribution in [1.29, 1.82) is 0 Å². The topological polar surface area (TPSA) is 105 Å². The molecule has 2 aliphatic heterocycles. The van der Waals surface area contributed by atoms with Crippen molar-refractivity contribution >= 4 is 18.0 Å². The van der Waals surface area contributed by atoms with Crippen LogP contribution >= 0.6 is 0 Å². The summed E-state index contributed by atoms with van der Waals surface area (Å²) >= 11 is 0. The predicted molar refractivity (Wildman–Crippen MR) is 123 cm³/mol. The molecular weight excluding hydrogens is 436 g/mol. The average Bonchev–Trinajstić information content (AvgIpc) is 3.52. The molecule has 0 spiro atoms. The number of carbonyl (C=O) groups is 3. The highest BCUT2D eigenvalue weighted by atomic mass is 16.5. The van der Waals surface area contributed by atoms with Crippen LogP contribution in [0.1, 0.15) is 43.2 Å². The lowest BCUT2D eigenvalue weighted by Gasteiger charge is -2.30. The molecule has 3 aliphatic rings. The lowest BCUT2D eigenvalue weighted by molar-refractivity contribution is -0.150. The van der Waals surface area contributed by atoms with Crippen molar-refractivity contribution < 1.29 is 29.0 Å². The van der Waals surface area contributed by atoms with Gasteiger partial charge in [0.05, 0.1) is 12.1 Å². The Morgan fingerprint density at radius 3 is 2.38 bits per heavy atom. The third-order valence-corrected chi connectivity index (χ3v) is 7.20. The van der Waals surface area contributed by atoms with E-state index in [1.54, 1.807) is 6.92 Å². The summed E-state index contributed by atoms with van der Waals surface area (Å²) < 4.78 is 11.2. The van der Waals surface area contributed by atoms with E-state index in [9.17, 15) is 19.5 Å². The molecule has 178 valence electrons. The predicted octanol–water partition coefficient (Wildman–Crippen LogP) is 3.15. The molecule has 0 aromatic heterocycles. The zero-order valence-corrected chi connectivity index (χ0v) is 19.0. The van der Waals surface area contributed by atoms with Crippen molar-refractivity contribution in [1.82, 2.24) is 10.2 Å². The van der Waals surface area contributed by atoms with Crippen molar-refractivity contribution in [3.05, 3.63) is 59.7 Å². The first-order valence-corrected chi connectivity index (χ1v) is 11.8. The van der Waals surface area contributed by atoms with Gasteiger partial charge in [-0.05, 0) is 35.1 Å². The molecule has 8 heteroatoms. The summed E-state index contributed by atoms with van der Waals surface area (Å²) in [5, 5.41) is 12.3. The second kappa shape index (κ2) is 9.10. The molecule has 2 amide bonds. The van der Waals surface area contributed by atoms with Gasteiger partial charge in [-0.25, -0.2) is 9.59 Å². The third-order valence-electron chi connectivity index (χ3n) is 7.20. The number of nitrogens with one attached hydrogen (secondary N) is 1. The number of carboxylic acid groups (broad SMARTS) is 1. The summed E-state index contributed by atoms with van der Waals surface area (Å²) in [5.41, 5.74) is 4.48. The smallest absolute Gasteiger partial charge is 0.407 e. The number of amides is 2. The minimum absolute atomic E-state index is 0.0831. The second-order valence-electron chi connectivity index (χ2n) is 9.03. The molecule has 2 N–H and O–H groups in total. The van der Waals surface area contributed by atoms with Gasteiger partial charge in [0.25, 0.3) is 0 Å². The maximum Gasteiger partial charge on any atom is 0.407 e. The Morgan fingerprint density at radius 2 is 1.76 bits per heavy atom. The van der Waals surface area contributed by atoms with Gasteiger partial charge in [0.15, 0.2) is 0 Å². The minimum Gasteiger partial charge on any atom is -0.480 e. The van der Waals surface area contributed by atoms with E-state index in [2.05, 4.69) is 17.4 Å². The van der Waals surface area contributed by atoms with E-state index in [1.807, 2.05) is 36.4 Å². The molecule has 5 rings (SSSR count). The number of hydrogen-bond donors (Lipinski definition) is 2. The van der Waals surface area contributed by atoms with Crippen LogP contribution in [0.5, 0.6) is 0 Å². The van der Waals surface area contributed by atoms with E-state index < -0.39 is 30.1 Å².